The topological polar surface area (TPSA) is 87.4 Å². The van der Waals surface area contributed by atoms with Crippen LogP contribution in [0.15, 0.2) is 42.5 Å². The molecule has 0 bridgehead atoms. The van der Waals surface area contributed by atoms with Crippen molar-refractivity contribution in [1.82, 2.24) is 0 Å². The van der Waals surface area contributed by atoms with Crippen LogP contribution in [0.2, 0.25) is 0 Å². The quantitative estimate of drug-likeness (QED) is 0.626. The maximum Gasteiger partial charge on any atom is 0.255 e. The van der Waals surface area contributed by atoms with Crippen LogP contribution < -0.4 is 25.3 Å². The van der Waals surface area contributed by atoms with Crippen LogP contribution in [0, 0.1) is 0 Å². The molecule has 0 aliphatic heterocycles. The molecule has 2 aromatic rings. The van der Waals surface area contributed by atoms with Crippen LogP contribution in [0.25, 0.3) is 0 Å². The maximum atomic E-state index is 10.8. The molecular weight excluding hydrogens is 320 g/mol. The van der Waals surface area contributed by atoms with Gasteiger partial charge in [-0.05, 0) is 35.9 Å². The zero-order valence-corrected chi connectivity index (χ0v) is 14.7. The van der Waals surface area contributed by atoms with E-state index < -0.39 is 5.91 Å². The molecule has 0 unspecified atom stereocenters. The molecule has 6 nitrogen and oxygen atoms in total. The first-order valence-electron chi connectivity index (χ1n) is 8.15. The molecule has 0 radical (unpaired) electrons. The Bertz CT molecular complexity index is 686. The normalized spacial score (nSPS) is 10.3. The highest BCUT2D eigenvalue weighted by molar-refractivity contribution is 5.75. The van der Waals surface area contributed by atoms with Gasteiger partial charge < -0.3 is 25.3 Å². The average molecular weight is 345 g/mol. The fourth-order valence-electron chi connectivity index (χ4n) is 2.44. The highest BCUT2D eigenvalue weighted by Crippen LogP contribution is 2.27. The number of carbonyl (C=O) groups is 1. The molecule has 0 saturated heterocycles. The molecule has 25 heavy (non-hydrogen) atoms. The van der Waals surface area contributed by atoms with Crippen molar-refractivity contribution in [2.24, 2.45) is 5.73 Å². The summed E-state index contributed by atoms with van der Waals surface area (Å²) in [6.45, 7) is 1.65. The Morgan fingerprint density at radius 2 is 1.72 bits per heavy atom. The molecule has 0 aliphatic rings. The predicted octanol–water partition coefficient (Wildman–Crippen LogP) is 0.874. The van der Waals surface area contributed by atoms with Crippen LogP contribution in [0.4, 0.5) is 0 Å². The number of methoxy groups -OCH3 is 2. The number of nitrogens with two attached hydrogens (primary N) is 2. The van der Waals surface area contributed by atoms with E-state index in [0.717, 1.165) is 30.8 Å². The fraction of sp³-hybridized carbons (Fsp3) is 0.316. The van der Waals surface area contributed by atoms with E-state index in [9.17, 15) is 4.79 Å². The zero-order valence-electron chi connectivity index (χ0n) is 14.7. The number of carbonyl (C=O) groups excluding carboxylic acids is 1. The van der Waals surface area contributed by atoms with E-state index in [0.29, 0.717) is 11.5 Å². The Balaban J connectivity index is 1.82. The second kappa shape index (κ2) is 9.54. The molecule has 0 heterocycles. The lowest BCUT2D eigenvalue weighted by Gasteiger charge is -2.11. The monoisotopic (exact) mass is 345 g/mol. The van der Waals surface area contributed by atoms with Gasteiger partial charge in [0.1, 0.15) is 12.3 Å². The third-order valence-corrected chi connectivity index (χ3v) is 3.77. The average Bonchev–Trinajstić information content (AvgIpc) is 2.64. The molecule has 134 valence electrons. The smallest absolute Gasteiger partial charge is 0.255 e. The molecule has 0 saturated carbocycles. The Hall–Kier alpha value is -2.73. The number of quaternary nitrogens is 1. The zero-order chi connectivity index (χ0) is 18.1. The summed E-state index contributed by atoms with van der Waals surface area (Å²) in [5.74, 6) is 1.47. The van der Waals surface area contributed by atoms with Gasteiger partial charge in [0, 0.05) is 12.0 Å². The third-order valence-electron chi connectivity index (χ3n) is 3.77. The lowest BCUT2D eigenvalue weighted by atomic mass is 10.1. The summed E-state index contributed by atoms with van der Waals surface area (Å²) in [5, 5.41) is 2.24. The molecule has 4 N–H and O–H groups in total. The molecule has 0 fully saturated rings. The number of benzene rings is 2. The minimum Gasteiger partial charge on any atom is -0.497 e. The number of rotatable bonds is 10. The van der Waals surface area contributed by atoms with Crippen molar-refractivity contribution in [2.75, 3.05) is 27.4 Å². The Morgan fingerprint density at radius 1 is 1.00 bits per heavy atom. The van der Waals surface area contributed by atoms with Gasteiger partial charge in [-0.15, -0.1) is 0 Å². The molecule has 0 aliphatic carbocycles. The van der Waals surface area contributed by atoms with Gasteiger partial charge in [-0.2, -0.15) is 0 Å². The lowest BCUT2D eigenvalue weighted by molar-refractivity contribution is -0.670. The summed E-state index contributed by atoms with van der Waals surface area (Å²) in [5.41, 5.74) is 7.50. The summed E-state index contributed by atoms with van der Waals surface area (Å²) in [6, 6.07) is 13.8. The number of amides is 1. The van der Waals surface area contributed by atoms with Gasteiger partial charge in [0.2, 0.25) is 0 Å². The van der Waals surface area contributed by atoms with Crippen LogP contribution >= 0.6 is 0 Å². The molecular formula is C19H25N2O4+. The van der Waals surface area contributed by atoms with Crippen LogP contribution in [-0.2, 0) is 17.8 Å². The SMILES string of the molecule is COc1ccc(CC[NH2+]Cc2ccc(OCC(N)=O)c(OC)c2)cc1. The van der Waals surface area contributed by atoms with E-state index >= 15 is 0 Å². The third kappa shape index (κ3) is 6.00. The van der Waals surface area contributed by atoms with Crippen LogP contribution in [0.1, 0.15) is 11.1 Å². The van der Waals surface area contributed by atoms with Gasteiger partial charge in [-0.3, -0.25) is 4.79 Å². The summed E-state index contributed by atoms with van der Waals surface area (Å²) in [4.78, 5) is 10.8. The fourth-order valence-corrected chi connectivity index (χ4v) is 2.44. The van der Waals surface area contributed by atoms with E-state index in [4.69, 9.17) is 19.9 Å². The second-order valence-corrected chi connectivity index (χ2v) is 5.62. The molecule has 0 spiro atoms. The first-order valence-corrected chi connectivity index (χ1v) is 8.15. The minimum atomic E-state index is -0.516. The first kappa shape index (κ1) is 18.6. The number of hydrogen-bond acceptors (Lipinski definition) is 4. The Morgan fingerprint density at radius 3 is 2.36 bits per heavy atom. The Kier molecular flexibility index (Phi) is 7.10. The van der Waals surface area contributed by atoms with Gasteiger partial charge in [0.05, 0.1) is 20.8 Å². The number of hydrogen-bond donors (Lipinski definition) is 2. The van der Waals surface area contributed by atoms with Crippen LogP contribution in [0.3, 0.4) is 0 Å². The van der Waals surface area contributed by atoms with Crippen molar-refractivity contribution in [3.8, 4) is 17.2 Å². The van der Waals surface area contributed by atoms with Crippen molar-refractivity contribution in [3.63, 3.8) is 0 Å². The molecule has 0 atom stereocenters. The lowest BCUT2D eigenvalue weighted by Crippen LogP contribution is -2.83. The van der Waals surface area contributed by atoms with Crippen molar-refractivity contribution in [3.05, 3.63) is 53.6 Å². The van der Waals surface area contributed by atoms with Gasteiger partial charge >= 0.3 is 0 Å². The maximum absolute atomic E-state index is 10.8. The largest absolute Gasteiger partial charge is 0.497 e. The summed E-state index contributed by atoms with van der Waals surface area (Å²) in [6.07, 6.45) is 0.987. The summed E-state index contributed by atoms with van der Waals surface area (Å²) in [7, 11) is 3.24. The van der Waals surface area contributed by atoms with Crippen molar-refractivity contribution < 1.29 is 24.3 Å². The van der Waals surface area contributed by atoms with Crippen LogP contribution in [0.5, 0.6) is 17.2 Å². The van der Waals surface area contributed by atoms with Gasteiger partial charge in [-0.25, -0.2) is 0 Å². The molecule has 2 rings (SSSR count). The van der Waals surface area contributed by atoms with Crippen LogP contribution in [-0.4, -0.2) is 33.3 Å². The second-order valence-electron chi connectivity index (χ2n) is 5.62. The van der Waals surface area contributed by atoms with Crippen molar-refractivity contribution >= 4 is 5.91 Å². The van der Waals surface area contributed by atoms with Gasteiger partial charge in [-0.1, -0.05) is 12.1 Å². The number of ether oxygens (including phenoxy) is 3. The number of primary amides is 1. The standard InChI is InChI=1S/C19H24N2O4/c1-23-16-6-3-14(4-7-16)9-10-21-12-15-5-8-17(18(11-15)24-2)25-13-19(20)22/h3-8,11,21H,9-10,12-13H2,1-2H3,(H2,20,22)/p+1. The van der Waals surface area contributed by atoms with E-state index in [1.165, 1.54) is 5.56 Å². The van der Waals surface area contributed by atoms with E-state index in [1.54, 1.807) is 20.3 Å². The highest BCUT2D eigenvalue weighted by atomic mass is 16.5. The highest BCUT2D eigenvalue weighted by Gasteiger charge is 2.08. The summed E-state index contributed by atoms with van der Waals surface area (Å²) < 4.78 is 15.8. The molecule has 2 aromatic carbocycles. The minimum absolute atomic E-state index is 0.163. The molecule has 6 heteroatoms. The van der Waals surface area contributed by atoms with E-state index in [-0.39, 0.29) is 6.61 Å². The van der Waals surface area contributed by atoms with Crippen molar-refractivity contribution in [1.29, 1.82) is 0 Å². The first-order chi connectivity index (χ1) is 12.1. The Labute approximate surface area is 147 Å². The van der Waals surface area contributed by atoms with Crippen molar-refractivity contribution in [2.45, 2.75) is 13.0 Å². The predicted molar refractivity (Wildman–Crippen MR) is 94.9 cm³/mol. The summed E-state index contributed by atoms with van der Waals surface area (Å²) >= 11 is 0. The van der Waals surface area contributed by atoms with E-state index in [1.807, 2.05) is 24.3 Å². The van der Waals surface area contributed by atoms with Gasteiger partial charge in [0.25, 0.3) is 5.91 Å². The molecule has 1 amide bonds. The molecule has 0 aromatic heterocycles. The van der Waals surface area contributed by atoms with E-state index in [2.05, 4.69) is 17.4 Å². The van der Waals surface area contributed by atoms with Gasteiger partial charge in [0.15, 0.2) is 18.1 Å².